The van der Waals surface area contributed by atoms with Crippen molar-refractivity contribution in [3.8, 4) is 11.5 Å². The van der Waals surface area contributed by atoms with E-state index in [-0.39, 0.29) is 11.9 Å². The van der Waals surface area contributed by atoms with Crippen LogP contribution < -0.4 is 9.47 Å². The molecule has 35 heavy (non-hydrogen) atoms. The second-order valence-electron chi connectivity index (χ2n) is 8.98. The van der Waals surface area contributed by atoms with Crippen LogP contribution in [-0.4, -0.2) is 42.7 Å². The molecule has 0 aliphatic carbocycles. The molecule has 1 aliphatic rings. The number of hydrogen-bond donors (Lipinski definition) is 1. The number of hydrogen-bond acceptors (Lipinski definition) is 5. The lowest BCUT2D eigenvalue weighted by molar-refractivity contribution is -0.132. The zero-order valence-corrected chi connectivity index (χ0v) is 20.4. The van der Waals surface area contributed by atoms with E-state index < -0.39 is 5.60 Å². The van der Waals surface area contributed by atoms with Crippen LogP contribution in [0.25, 0.3) is 6.08 Å². The zero-order valence-electron chi connectivity index (χ0n) is 20.4. The minimum atomic E-state index is -0.995. The summed E-state index contributed by atoms with van der Waals surface area (Å²) < 4.78 is 10.5. The molecular weight excluding hydrogens is 438 g/mol. The lowest BCUT2D eigenvalue weighted by Gasteiger charge is -2.42. The summed E-state index contributed by atoms with van der Waals surface area (Å²) in [6, 6.07) is 25.6. The number of benzene rings is 3. The number of likely N-dealkylation sites (tertiary alicyclic amines) is 1. The van der Waals surface area contributed by atoms with E-state index in [0.717, 1.165) is 49.2 Å². The Labute approximate surface area is 207 Å². The zero-order chi connectivity index (χ0) is 24.7. The van der Waals surface area contributed by atoms with E-state index in [0.29, 0.717) is 11.5 Å². The third-order valence-electron chi connectivity index (χ3n) is 6.72. The highest BCUT2D eigenvalue weighted by atomic mass is 16.6. The van der Waals surface area contributed by atoms with Crippen LogP contribution in [0.3, 0.4) is 0 Å². The first-order valence-corrected chi connectivity index (χ1v) is 12.1. The fourth-order valence-corrected chi connectivity index (χ4v) is 4.92. The van der Waals surface area contributed by atoms with Crippen molar-refractivity contribution in [1.82, 2.24) is 4.90 Å². The standard InChI is InChI=1S/C30H33NO4/c1-23(32)35-28-16-15-24(22-29(28)34-2)10-9-19-31-20-17-27(18-21-31)30(33,25-11-5-3-6-12-25)26-13-7-4-8-14-26/h3-16,22,27,33H,17-21H2,1-2H3/b10-9-. The molecule has 0 saturated carbocycles. The first-order chi connectivity index (χ1) is 17.0. The van der Waals surface area contributed by atoms with Gasteiger partial charge in [0.2, 0.25) is 0 Å². The summed E-state index contributed by atoms with van der Waals surface area (Å²) in [6.45, 7) is 4.05. The Bertz CT molecular complexity index is 1100. The number of piperidine rings is 1. The van der Waals surface area contributed by atoms with Gasteiger partial charge in [-0.2, -0.15) is 0 Å². The quantitative estimate of drug-likeness (QED) is 0.358. The number of carbonyl (C=O) groups excluding carboxylic acids is 1. The van der Waals surface area contributed by atoms with Crippen LogP contribution >= 0.6 is 0 Å². The maximum atomic E-state index is 12.0. The molecule has 4 rings (SSSR count). The number of methoxy groups -OCH3 is 1. The fraction of sp³-hybridized carbons (Fsp3) is 0.300. The molecular formula is C30H33NO4. The van der Waals surface area contributed by atoms with E-state index >= 15 is 0 Å². The molecule has 182 valence electrons. The van der Waals surface area contributed by atoms with Gasteiger partial charge in [0.15, 0.2) is 11.5 Å². The van der Waals surface area contributed by atoms with Gasteiger partial charge in [-0.1, -0.05) is 78.9 Å². The van der Waals surface area contributed by atoms with Crippen molar-refractivity contribution in [3.05, 3.63) is 102 Å². The van der Waals surface area contributed by atoms with Crippen molar-refractivity contribution in [2.75, 3.05) is 26.7 Å². The van der Waals surface area contributed by atoms with Gasteiger partial charge < -0.3 is 14.6 Å². The van der Waals surface area contributed by atoms with Crippen LogP contribution in [0.2, 0.25) is 0 Å². The summed E-state index contributed by atoms with van der Waals surface area (Å²) in [5.74, 6) is 0.722. The summed E-state index contributed by atoms with van der Waals surface area (Å²) in [6.07, 6.45) is 6.02. The third kappa shape index (κ3) is 5.81. The van der Waals surface area contributed by atoms with Crippen molar-refractivity contribution >= 4 is 12.0 Å². The maximum absolute atomic E-state index is 12.0. The predicted octanol–water partition coefficient (Wildman–Crippen LogP) is 5.28. The van der Waals surface area contributed by atoms with Crippen molar-refractivity contribution in [1.29, 1.82) is 0 Å². The van der Waals surface area contributed by atoms with Gasteiger partial charge in [-0.15, -0.1) is 0 Å². The van der Waals surface area contributed by atoms with Crippen molar-refractivity contribution in [2.24, 2.45) is 5.92 Å². The largest absolute Gasteiger partial charge is 0.493 e. The Balaban J connectivity index is 1.40. The number of ether oxygens (including phenoxy) is 2. The minimum Gasteiger partial charge on any atom is -0.493 e. The van der Waals surface area contributed by atoms with E-state index in [1.54, 1.807) is 13.2 Å². The van der Waals surface area contributed by atoms with Gasteiger partial charge in [0.1, 0.15) is 5.60 Å². The molecule has 0 unspecified atom stereocenters. The van der Waals surface area contributed by atoms with Gasteiger partial charge in [0, 0.05) is 13.5 Å². The molecule has 0 atom stereocenters. The molecule has 1 heterocycles. The average Bonchev–Trinajstić information content (AvgIpc) is 2.90. The maximum Gasteiger partial charge on any atom is 0.308 e. The molecule has 5 heteroatoms. The predicted molar refractivity (Wildman–Crippen MR) is 138 cm³/mol. The van der Waals surface area contributed by atoms with E-state index in [1.807, 2.05) is 72.8 Å². The van der Waals surface area contributed by atoms with Gasteiger partial charge in [0.25, 0.3) is 0 Å². The lowest BCUT2D eigenvalue weighted by atomic mass is 9.72. The summed E-state index contributed by atoms with van der Waals surface area (Å²) in [5.41, 5.74) is 1.89. The fourth-order valence-electron chi connectivity index (χ4n) is 4.92. The summed E-state index contributed by atoms with van der Waals surface area (Å²) in [4.78, 5) is 13.7. The van der Waals surface area contributed by atoms with E-state index in [4.69, 9.17) is 9.47 Å². The van der Waals surface area contributed by atoms with E-state index in [2.05, 4.69) is 17.1 Å². The Morgan fingerprint density at radius 2 is 1.57 bits per heavy atom. The second kappa shape index (κ2) is 11.3. The number of esters is 1. The number of carbonyl (C=O) groups is 1. The van der Waals surface area contributed by atoms with Gasteiger partial charge in [0.05, 0.1) is 7.11 Å². The normalized spacial score (nSPS) is 15.3. The topological polar surface area (TPSA) is 59.0 Å². The van der Waals surface area contributed by atoms with Gasteiger partial charge in [-0.05, 0) is 60.7 Å². The Hall–Kier alpha value is -3.41. The Kier molecular flexibility index (Phi) is 8.01. The number of aliphatic hydroxyl groups is 1. The molecule has 0 radical (unpaired) electrons. The lowest BCUT2D eigenvalue weighted by Crippen LogP contribution is -2.44. The summed E-state index contributed by atoms with van der Waals surface area (Å²) in [7, 11) is 1.56. The Morgan fingerprint density at radius 1 is 0.971 bits per heavy atom. The average molecular weight is 472 g/mol. The van der Waals surface area contributed by atoms with Crippen molar-refractivity contribution < 1.29 is 19.4 Å². The van der Waals surface area contributed by atoms with Crippen LogP contribution in [0.15, 0.2) is 84.9 Å². The first-order valence-electron chi connectivity index (χ1n) is 12.1. The number of nitrogens with zero attached hydrogens (tertiary/aromatic N) is 1. The molecule has 3 aromatic rings. The minimum absolute atomic E-state index is 0.144. The Morgan fingerprint density at radius 3 is 2.11 bits per heavy atom. The van der Waals surface area contributed by atoms with Crippen LogP contribution in [0, 0.1) is 5.92 Å². The van der Waals surface area contributed by atoms with Crippen LogP contribution in [0.5, 0.6) is 11.5 Å². The first kappa shape index (κ1) is 24.7. The second-order valence-corrected chi connectivity index (χ2v) is 8.98. The van der Waals surface area contributed by atoms with Crippen molar-refractivity contribution in [2.45, 2.75) is 25.4 Å². The van der Waals surface area contributed by atoms with E-state index in [9.17, 15) is 9.90 Å². The highest BCUT2D eigenvalue weighted by molar-refractivity contribution is 5.71. The molecule has 0 bridgehead atoms. The molecule has 0 aromatic heterocycles. The molecule has 1 fully saturated rings. The van der Waals surface area contributed by atoms with Crippen LogP contribution in [0.4, 0.5) is 0 Å². The van der Waals surface area contributed by atoms with Crippen LogP contribution in [-0.2, 0) is 10.4 Å². The van der Waals surface area contributed by atoms with Crippen LogP contribution in [0.1, 0.15) is 36.5 Å². The van der Waals surface area contributed by atoms with Gasteiger partial charge in [-0.25, -0.2) is 0 Å². The third-order valence-corrected chi connectivity index (χ3v) is 6.72. The number of rotatable bonds is 8. The molecule has 1 N–H and O–H groups in total. The molecule has 1 saturated heterocycles. The smallest absolute Gasteiger partial charge is 0.308 e. The van der Waals surface area contributed by atoms with Crippen molar-refractivity contribution in [3.63, 3.8) is 0 Å². The highest BCUT2D eigenvalue weighted by Gasteiger charge is 2.41. The SMILES string of the molecule is COc1cc(/C=C\CN2CCC(C(O)(c3ccccc3)c3ccccc3)CC2)ccc1OC(C)=O. The molecule has 0 amide bonds. The van der Waals surface area contributed by atoms with Gasteiger partial charge >= 0.3 is 5.97 Å². The summed E-state index contributed by atoms with van der Waals surface area (Å²) >= 11 is 0. The van der Waals surface area contributed by atoms with E-state index in [1.165, 1.54) is 6.92 Å². The molecule has 1 aliphatic heterocycles. The summed E-state index contributed by atoms with van der Waals surface area (Å²) in [5, 5.41) is 12.0. The molecule has 5 nitrogen and oxygen atoms in total. The monoisotopic (exact) mass is 471 g/mol. The van der Waals surface area contributed by atoms with Gasteiger partial charge in [-0.3, -0.25) is 9.69 Å². The molecule has 0 spiro atoms. The highest BCUT2D eigenvalue weighted by Crippen LogP contribution is 2.41. The molecule has 3 aromatic carbocycles.